The molecule has 1 aromatic rings. The van der Waals surface area contributed by atoms with Gasteiger partial charge in [0.1, 0.15) is 11.4 Å². The molecule has 3 heterocycles. The summed E-state index contributed by atoms with van der Waals surface area (Å²) in [6.07, 6.45) is 8.41. The molecule has 0 bridgehead atoms. The van der Waals surface area contributed by atoms with Gasteiger partial charge in [-0.15, -0.1) is 0 Å². The summed E-state index contributed by atoms with van der Waals surface area (Å²) in [6.45, 7) is 11.8. The molecule has 0 spiro atoms. The van der Waals surface area contributed by atoms with Crippen LogP contribution >= 0.6 is 0 Å². The van der Waals surface area contributed by atoms with Gasteiger partial charge in [-0.2, -0.15) is 0 Å². The largest absolute Gasteiger partial charge is 0.444 e. The average molecular weight is 348 g/mol. The molecule has 3 rings (SSSR count). The van der Waals surface area contributed by atoms with Crippen LogP contribution in [0.15, 0.2) is 12.4 Å². The Balaban J connectivity index is 1.51. The number of ether oxygens (including phenoxy) is 1. The first-order valence-corrected chi connectivity index (χ1v) is 9.64. The number of imidazole rings is 1. The monoisotopic (exact) mass is 348 g/mol. The van der Waals surface area contributed by atoms with E-state index in [9.17, 15) is 4.79 Å². The van der Waals surface area contributed by atoms with E-state index in [0.29, 0.717) is 5.92 Å². The molecule has 6 nitrogen and oxygen atoms in total. The first kappa shape index (κ1) is 18.2. The molecule has 2 aliphatic rings. The summed E-state index contributed by atoms with van der Waals surface area (Å²) in [6, 6.07) is 0. The third-order valence-electron chi connectivity index (χ3n) is 5.12. The van der Waals surface area contributed by atoms with Gasteiger partial charge in [0.15, 0.2) is 0 Å². The summed E-state index contributed by atoms with van der Waals surface area (Å²) in [5.41, 5.74) is -0.431. The number of piperidine rings is 1. The molecule has 0 radical (unpaired) electrons. The second-order valence-electron chi connectivity index (χ2n) is 8.27. The molecule has 0 aliphatic carbocycles. The fourth-order valence-electron chi connectivity index (χ4n) is 3.77. The van der Waals surface area contributed by atoms with Gasteiger partial charge in [0.25, 0.3) is 0 Å². The highest BCUT2D eigenvalue weighted by atomic mass is 16.6. The number of nitrogens with zero attached hydrogens (tertiary/aromatic N) is 4. The fourth-order valence-corrected chi connectivity index (χ4v) is 3.77. The highest BCUT2D eigenvalue weighted by Gasteiger charge is 2.29. The lowest BCUT2D eigenvalue weighted by Crippen LogP contribution is -2.41. The lowest BCUT2D eigenvalue weighted by atomic mass is 9.96. The van der Waals surface area contributed by atoms with E-state index in [-0.39, 0.29) is 6.09 Å². The van der Waals surface area contributed by atoms with Crippen LogP contribution in [-0.4, -0.2) is 63.8 Å². The standard InChI is InChI=1S/C19H32N4O2/c1-19(2,3)25-18(24)23-11-6-16(7-12-23)17-20-8-13-22(17)15-14-21-9-4-5-10-21/h8,13,16H,4-7,9-12,14-15H2,1-3H3. The van der Waals surface area contributed by atoms with Crippen molar-refractivity contribution in [1.29, 1.82) is 0 Å². The Morgan fingerprint density at radius 1 is 1.16 bits per heavy atom. The van der Waals surface area contributed by atoms with Crippen LogP contribution < -0.4 is 0 Å². The predicted octanol–water partition coefficient (Wildman–Crippen LogP) is 3.09. The third-order valence-corrected chi connectivity index (χ3v) is 5.12. The maximum Gasteiger partial charge on any atom is 0.410 e. The van der Waals surface area contributed by atoms with E-state index in [1.54, 1.807) is 0 Å². The van der Waals surface area contributed by atoms with Crippen molar-refractivity contribution in [3.8, 4) is 0 Å². The lowest BCUT2D eigenvalue weighted by molar-refractivity contribution is 0.0202. The number of hydrogen-bond acceptors (Lipinski definition) is 4. The molecule has 2 fully saturated rings. The van der Waals surface area contributed by atoms with Crippen LogP contribution in [0.3, 0.4) is 0 Å². The van der Waals surface area contributed by atoms with Crippen LogP contribution in [0, 0.1) is 0 Å². The van der Waals surface area contributed by atoms with E-state index in [1.807, 2.05) is 31.9 Å². The van der Waals surface area contributed by atoms with E-state index in [0.717, 1.165) is 39.0 Å². The topological polar surface area (TPSA) is 50.6 Å². The molecule has 140 valence electrons. The molecular formula is C19H32N4O2. The van der Waals surface area contributed by atoms with Crippen molar-refractivity contribution in [2.24, 2.45) is 0 Å². The number of rotatable bonds is 4. The van der Waals surface area contributed by atoms with Crippen molar-refractivity contribution >= 4 is 6.09 Å². The maximum absolute atomic E-state index is 12.2. The quantitative estimate of drug-likeness (QED) is 0.839. The summed E-state index contributed by atoms with van der Waals surface area (Å²) in [4.78, 5) is 21.2. The Bertz CT molecular complexity index is 564. The molecule has 0 saturated carbocycles. The first-order chi connectivity index (χ1) is 11.9. The normalized spacial score (nSPS) is 20.2. The number of hydrogen-bond donors (Lipinski definition) is 0. The van der Waals surface area contributed by atoms with E-state index < -0.39 is 5.60 Å². The lowest BCUT2D eigenvalue weighted by Gasteiger charge is -2.33. The van der Waals surface area contributed by atoms with Gasteiger partial charge in [-0.05, 0) is 59.5 Å². The van der Waals surface area contributed by atoms with E-state index >= 15 is 0 Å². The summed E-state index contributed by atoms with van der Waals surface area (Å²) in [5, 5.41) is 0. The van der Waals surface area contributed by atoms with Gasteiger partial charge in [0.2, 0.25) is 0 Å². The Morgan fingerprint density at radius 2 is 1.84 bits per heavy atom. The molecule has 2 saturated heterocycles. The van der Waals surface area contributed by atoms with Crippen LogP contribution in [-0.2, 0) is 11.3 Å². The van der Waals surface area contributed by atoms with Crippen LogP contribution in [0.25, 0.3) is 0 Å². The number of likely N-dealkylation sites (tertiary alicyclic amines) is 2. The summed E-state index contributed by atoms with van der Waals surface area (Å²) < 4.78 is 7.79. The van der Waals surface area contributed by atoms with Gasteiger partial charge < -0.3 is 19.1 Å². The summed E-state index contributed by atoms with van der Waals surface area (Å²) in [5.74, 6) is 1.62. The highest BCUT2D eigenvalue weighted by molar-refractivity contribution is 5.68. The molecule has 25 heavy (non-hydrogen) atoms. The van der Waals surface area contributed by atoms with Crippen molar-refractivity contribution in [3.63, 3.8) is 0 Å². The van der Waals surface area contributed by atoms with E-state index in [4.69, 9.17) is 4.74 Å². The number of amides is 1. The Kier molecular flexibility index (Phi) is 5.67. The van der Waals surface area contributed by atoms with E-state index in [1.165, 1.54) is 31.8 Å². The first-order valence-electron chi connectivity index (χ1n) is 9.64. The van der Waals surface area contributed by atoms with Crippen LogP contribution in [0.4, 0.5) is 4.79 Å². The van der Waals surface area contributed by atoms with Crippen molar-refractivity contribution < 1.29 is 9.53 Å². The van der Waals surface area contributed by atoms with Crippen molar-refractivity contribution in [3.05, 3.63) is 18.2 Å². The number of carbonyl (C=O) groups is 1. The summed E-state index contributed by atoms with van der Waals surface area (Å²) >= 11 is 0. The zero-order chi connectivity index (χ0) is 17.9. The Morgan fingerprint density at radius 3 is 2.48 bits per heavy atom. The second kappa shape index (κ2) is 7.77. The molecule has 2 aliphatic heterocycles. The predicted molar refractivity (Wildman–Crippen MR) is 97.7 cm³/mol. The minimum absolute atomic E-state index is 0.191. The van der Waals surface area contributed by atoms with Gasteiger partial charge in [-0.1, -0.05) is 0 Å². The van der Waals surface area contributed by atoms with Gasteiger partial charge in [0.05, 0.1) is 0 Å². The van der Waals surface area contributed by atoms with Gasteiger partial charge >= 0.3 is 6.09 Å². The molecule has 6 heteroatoms. The fraction of sp³-hybridized carbons (Fsp3) is 0.789. The van der Waals surface area contributed by atoms with Crippen LogP contribution in [0.5, 0.6) is 0 Å². The van der Waals surface area contributed by atoms with Crippen LogP contribution in [0.1, 0.15) is 58.2 Å². The molecule has 0 aromatic carbocycles. The third kappa shape index (κ3) is 4.97. The van der Waals surface area contributed by atoms with Crippen molar-refractivity contribution in [2.75, 3.05) is 32.7 Å². The molecule has 1 aromatic heterocycles. The molecule has 0 unspecified atom stereocenters. The highest BCUT2D eigenvalue weighted by Crippen LogP contribution is 2.28. The minimum Gasteiger partial charge on any atom is -0.444 e. The number of aromatic nitrogens is 2. The van der Waals surface area contributed by atoms with Crippen LogP contribution in [0.2, 0.25) is 0 Å². The second-order valence-corrected chi connectivity index (χ2v) is 8.27. The maximum atomic E-state index is 12.2. The minimum atomic E-state index is -0.431. The van der Waals surface area contributed by atoms with Crippen molar-refractivity contribution in [2.45, 2.75) is 64.5 Å². The zero-order valence-corrected chi connectivity index (χ0v) is 15.9. The number of carbonyl (C=O) groups excluding carboxylic acids is 1. The Hall–Kier alpha value is -1.56. The zero-order valence-electron chi connectivity index (χ0n) is 15.9. The SMILES string of the molecule is CC(C)(C)OC(=O)N1CCC(c2nccn2CCN2CCCC2)CC1. The Labute approximate surface area is 151 Å². The molecule has 0 atom stereocenters. The molecule has 1 amide bonds. The summed E-state index contributed by atoms with van der Waals surface area (Å²) in [7, 11) is 0. The molecular weight excluding hydrogens is 316 g/mol. The molecule has 0 N–H and O–H groups in total. The van der Waals surface area contributed by atoms with Gasteiger partial charge in [0, 0.05) is 44.5 Å². The van der Waals surface area contributed by atoms with Gasteiger partial charge in [-0.25, -0.2) is 9.78 Å². The van der Waals surface area contributed by atoms with E-state index in [2.05, 4.69) is 20.6 Å². The van der Waals surface area contributed by atoms with Gasteiger partial charge in [-0.3, -0.25) is 0 Å². The smallest absolute Gasteiger partial charge is 0.410 e. The van der Waals surface area contributed by atoms with Crippen molar-refractivity contribution in [1.82, 2.24) is 19.4 Å². The average Bonchev–Trinajstić information content (AvgIpc) is 3.23.